The van der Waals surface area contributed by atoms with E-state index in [1.54, 1.807) is 6.07 Å². The summed E-state index contributed by atoms with van der Waals surface area (Å²) < 4.78 is 0.733. The molecule has 1 amide bonds. The van der Waals surface area contributed by atoms with Gasteiger partial charge in [-0.2, -0.15) is 0 Å². The molecule has 0 spiro atoms. The number of amides is 1. The molecular weight excluding hydrogens is 277 g/mol. The molecule has 0 atom stereocenters. The van der Waals surface area contributed by atoms with Gasteiger partial charge in [0, 0.05) is 6.42 Å². The number of nitrogens with one attached hydrogen (secondary N) is 1. The number of carbonyl (C=O) groups is 1. The van der Waals surface area contributed by atoms with E-state index in [9.17, 15) is 4.79 Å². The molecule has 4 heteroatoms. The van der Waals surface area contributed by atoms with Crippen molar-refractivity contribution in [2.75, 3.05) is 5.32 Å². The van der Waals surface area contributed by atoms with Crippen molar-refractivity contribution in [2.24, 2.45) is 0 Å². The number of anilines is 1. The summed E-state index contributed by atoms with van der Waals surface area (Å²) in [5, 5.41) is 3.42. The molecule has 0 fully saturated rings. The SMILES string of the molecule is CCCCC(=O)Nc1cccc(Cl)c1Br. The topological polar surface area (TPSA) is 29.1 Å². The smallest absolute Gasteiger partial charge is 0.224 e. The number of hydrogen-bond donors (Lipinski definition) is 1. The van der Waals surface area contributed by atoms with Crippen molar-refractivity contribution >= 4 is 39.1 Å². The van der Waals surface area contributed by atoms with Gasteiger partial charge in [0.2, 0.25) is 5.91 Å². The van der Waals surface area contributed by atoms with Gasteiger partial charge in [-0.25, -0.2) is 0 Å². The lowest BCUT2D eigenvalue weighted by molar-refractivity contribution is -0.116. The van der Waals surface area contributed by atoms with Crippen molar-refractivity contribution in [2.45, 2.75) is 26.2 Å². The lowest BCUT2D eigenvalue weighted by Crippen LogP contribution is -2.11. The third kappa shape index (κ3) is 3.84. The summed E-state index contributed by atoms with van der Waals surface area (Å²) in [6.45, 7) is 2.06. The summed E-state index contributed by atoms with van der Waals surface area (Å²) in [6.07, 6.45) is 2.48. The monoisotopic (exact) mass is 289 g/mol. The van der Waals surface area contributed by atoms with Crippen LogP contribution in [0.25, 0.3) is 0 Å². The van der Waals surface area contributed by atoms with Gasteiger partial charge >= 0.3 is 0 Å². The minimum absolute atomic E-state index is 0.0276. The third-order valence-corrected chi connectivity index (χ3v) is 3.38. The number of unbranched alkanes of at least 4 members (excludes halogenated alkanes) is 1. The first-order valence-electron chi connectivity index (χ1n) is 4.89. The molecule has 0 heterocycles. The molecule has 1 aromatic rings. The minimum Gasteiger partial charge on any atom is -0.325 e. The highest BCUT2D eigenvalue weighted by atomic mass is 79.9. The van der Waals surface area contributed by atoms with Crippen LogP contribution in [0.3, 0.4) is 0 Å². The molecule has 0 aliphatic carbocycles. The number of rotatable bonds is 4. The zero-order chi connectivity index (χ0) is 11.3. The van der Waals surface area contributed by atoms with Crippen LogP contribution in [0.2, 0.25) is 5.02 Å². The maximum Gasteiger partial charge on any atom is 0.224 e. The Morgan fingerprint density at radius 3 is 2.93 bits per heavy atom. The van der Waals surface area contributed by atoms with E-state index in [-0.39, 0.29) is 5.91 Å². The van der Waals surface area contributed by atoms with Crippen LogP contribution in [-0.4, -0.2) is 5.91 Å². The number of hydrogen-bond acceptors (Lipinski definition) is 1. The highest BCUT2D eigenvalue weighted by Gasteiger charge is 2.06. The predicted octanol–water partition coefficient (Wildman–Crippen LogP) is 4.23. The van der Waals surface area contributed by atoms with Crippen molar-refractivity contribution < 1.29 is 4.79 Å². The van der Waals surface area contributed by atoms with Crippen LogP contribution in [0.5, 0.6) is 0 Å². The molecule has 0 saturated carbocycles. The quantitative estimate of drug-likeness (QED) is 0.883. The second-order valence-electron chi connectivity index (χ2n) is 3.25. The zero-order valence-corrected chi connectivity index (χ0v) is 10.9. The van der Waals surface area contributed by atoms with Crippen LogP contribution < -0.4 is 5.32 Å². The first-order valence-corrected chi connectivity index (χ1v) is 6.06. The first-order chi connectivity index (χ1) is 7.15. The molecule has 82 valence electrons. The Hall–Kier alpha value is -0.540. The fraction of sp³-hybridized carbons (Fsp3) is 0.364. The molecule has 0 saturated heterocycles. The van der Waals surface area contributed by atoms with Gasteiger partial charge in [0.05, 0.1) is 15.2 Å². The summed E-state index contributed by atoms with van der Waals surface area (Å²) in [6, 6.07) is 5.40. The lowest BCUT2D eigenvalue weighted by atomic mass is 10.2. The summed E-state index contributed by atoms with van der Waals surface area (Å²) in [7, 11) is 0. The van der Waals surface area contributed by atoms with E-state index in [1.165, 1.54) is 0 Å². The van der Waals surface area contributed by atoms with Crippen LogP contribution in [0.1, 0.15) is 26.2 Å². The van der Waals surface area contributed by atoms with E-state index in [2.05, 4.69) is 28.2 Å². The first kappa shape index (κ1) is 12.5. The molecule has 15 heavy (non-hydrogen) atoms. The van der Waals surface area contributed by atoms with Gasteiger partial charge in [0.15, 0.2) is 0 Å². The molecule has 1 rings (SSSR count). The van der Waals surface area contributed by atoms with E-state index in [0.717, 1.165) is 23.0 Å². The molecule has 0 unspecified atom stereocenters. The van der Waals surface area contributed by atoms with E-state index >= 15 is 0 Å². The Morgan fingerprint density at radius 2 is 2.27 bits per heavy atom. The van der Waals surface area contributed by atoms with Crippen molar-refractivity contribution in [3.8, 4) is 0 Å². The van der Waals surface area contributed by atoms with Crippen molar-refractivity contribution in [1.82, 2.24) is 0 Å². The van der Waals surface area contributed by atoms with E-state index in [4.69, 9.17) is 11.6 Å². The second-order valence-corrected chi connectivity index (χ2v) is 4.45. The van der Waals surface area contributed by atoms with Crippen molar-refractivity contribution in [3.63, 3.8) is 0 Å². The van der Waals surface area contributed by atoms with Gasteiger partial charge in [-0.3, -0.25) is 4.79 Å². The third-order valence-electron chi connectivity index (χ3n) is 1.98. The molecule has 0 bridgehead atoms. The number of halogens is 2. The zero-order valence-electron chi connectivity index (χ0n) is 8.52. The van der Waals surface area contributed by atoms with E-state index in [0.29, 0.717) is 11.4 Å². The Kier molecular flexibility index (Phi) is 5.12. The van der Waals surface area contributed by atoms with Gasteiger partial charge in [-0.1, -0.05) is 31.0 Å². The molecule has 0 aliphatic heterocycles. The maximum atomic E-state index is 11.5. The van der Waals surface area contributed by atoms with Crippen molar-refractivity contribution in [3.05, 3.63) is 27.7 Å². The molecule has 2 nitrogen and oxygen atoms in total. The standard InChI is InChI=1S/C11H13BrClNO/c1-2-3-7-10(15)14-9-6-4-5-8(13)11(9)12/h4-6H,2-3,7H2,1H3,(H,14,15). The lowest BCUT2D eigenvalue weighted by Gasteiger charge is -2.07. The Labute approximate surface area is 103 Å². The van der Waals surface area contributed by atoms with Crippen LogP contribution in [0.4, 0.5) is 5.69 Å². The normalized spacial score (nSPS) is 10.1. The van der Waals surface area contributed by atoms with Gasteiger partial charge in [0.1, 0.15) is 0 Å². The van der Waals surface area contributed by atoms with Crippen molar-refractivity contribution in [1.29, 1.82) is 0 Å². The largest absolute Gasteiger partial charge is 0.325 e. The summed E-state index contributed by atoms with van der Waals surface area (Å²) in [5.41, 5.74) is 0.726. The molecular formula is C11H13BrClNO. The van der Waals surface area contributed by atoms with Gasteiger partial charge in [-0.05, 0) is 34.5 Å². The highest BCUT2D eigenvalue weighted by molar-refractivity contribution is 9.10. The fourth-order valence-electron chi connectivity index (χ4n) is 1.15. The number of benzene rings is 1. The Balaban J connectivity index is 2.64. The van der Waals surface area contributed by atoms with Gasteiger partial charge in [-0.15, -0.1) is 0 Å². The predicted molar refractivity (Wildman–Crippen MR) is 67.3 cm³/mol. The molecule has 1 N–H and O–H groups in total. The summed E-state index contributed by atoms with van der Waals surface area (Å²) in [4.78, 5) is 11.5. The molecule has 0 aromatic heterocycles. The maximum absolute atomic E-state index is 11.5. The van der Waals surface area contributed by atoms with Crippen LogP contribution in [0.15, 0.2) is 22.7 Å². The summed E-state index contributed by atoms with van der Waals surface area (Å²) in [5.74, 6) is 0.0276. The summed E-state index contributed by atoms with van der Waals surface area (Å²) >= 11 is 9.23. The minimum atomic E-state index is 0.0276. The number of carbonyl (C=O) groups excluding carboxylic acids is 1. The average Bonchev–Trinajstić information content (AvgIpc) is 2.22. The average molecular weight is 291 g/mol. The van der Waals surface area contributed by atoms with E-state index in [1.807, 2.05) is 12.1 Å². The van der Waals surface area contributed by atoms with Gasteiger partial charge < -0.3 is 5.32 Å². The van der Waals surface area contributed by atoms with Crippen LogP contribution in [-0.2, 0) is 4.79 Å². The van der Waals surface area contributed by atoms with E-state index < -0.39 is 0 Å². The molecule has 1 aromatic carbocycles. The highest BCUT2D eigenvalue weighted by Crippen LogP contribution is 2.30. The molecule has 0 aliphatic rings. The Bertz CT molecular complexity index is 354. The van der Waals surface area contributed by atoms with Crippen LogP contribution >= 0.6 is 27.5 Å². The second kappa shape index (κ2) is 6.13. The van der Waals surface area contributed by atoms with Crippen LogP contribution in [0, 0.1) is 0 Å². The molecule has 0 radical (unpaired) electrons. The fourth-order valence-corrected chi connectivity index (χ4v) is 1.69. The Morgan fingerprint density at radius 1 is 1.53 bits per heavy atom. The van der Waals surface area contributed by atoms with Gasteiger partial charge in [0.25, 0.3) is 0 Å².